The molecule has 8 nitrogen and oxygen atoms in total. The first-order chi connectivity index (χ1) is 12.5. The average Bonchev–Trinajstić information content (AvgIpc) is 3.08. The molecule has 0 saturated heterocycles. The molecule has 154 valence electrons. The van der Waals surface area contributed by atoms with Gasteiger partial charge < -0.3 is 19.3 Å². The van der Waals surface area contributed by atoms with E-state index in [2.05, 4.69) is 19.8 Å². The summed E-state index contributed by atoms with van der Waals surface area (Å²) in [5, 5.41) is 4.46. The molecule has 0 aromatic carbocycles. The Morgan fingerprint density at radius 3 is 2.48 bits per heavy atom. The maximum absolute atomic E-state index is 12.5. The number of nitrogens with one attached hydrogen (secondary N) is 2. The van der Waals surface area contributed by atoms with E-state index in [0.29, 0.717) is 11.4 Å². The Bertz CT molecular complexity index is 630. The van der Waals surface area contributed by atoms with Crippen LogP contribution in [0.2, 0.25) is 0 Å². The lowest BCUT2D eigenvalue weighted by Crippen LogP contribution is -2.47. The van der Waals surface area contributed by atoms with E-state index in [1.807, 2.05) is 34.6 Å². The predicted molar refractivity (Wildman–Crippen MR) is 106 cm³/mol. The zero-order valence-corrected chi connectivity index (χ0v) is 18.5. The molecule has 1 aromatic rings. The molecule has 0 fully saturated rings. The fourth-order valence-electron chi connectivity index (χ4n) is 2.02. The number of esters is 1. The standard InChI is InChI=1S/C17H29N3O5S2/c1-10(2)11(20-27(23)17(3,4)5)8-13(25-16(22)18-6)14-19-12(9-26-14)15(21)24-7/h9-11,13,20H,8H2,1-7H3,(H,18,22)/t11-,13-,27?/m1/s1. The molecule has 1 aromatic heterocycles. The molecule has 0 saturated carbocycles. The smallest absolute Gasteiger partial charge is 0.407 e. The minimum Gasteiger partial charge on any atom is -0.598 e. The number of ether oxygens (including phenoxy) is 2. The predicted octanol–water partition coefficient (Wildman–Crippen LogP) is 2.79. The molecular formula is C17H29N3O5S2. The zero-order valence-electron chi connectivity index (χ0n) is 16.8. The summed E-state index contributed by atoms with van der Waals surface area (Å²) in [6, 6.07) is -0.190. The normalized spacial score (nSPS) is 15.1. The molecule has 0 bridgehead atoms. The van der Waals surface area contributed by atoms with Crippen molar-refractivity contribution >= 4 is 34.8 Å². The second kappa shape index (κ2) is 10.3. The van der Waals surface area contributed by atoms with E-state index in [1.165, 1.54) is 25.5 Å². The van der Waals surface area contributed by atoms with Crippen LogP contribution < -0.4 is 10.0 Å². The Labute approximate surface area is 167 Å². The second-order valence-electron chi connectivity index (χ2n) is 7.29. The first-order valence-electron chi connectivity index (χ1n) is 8.59. The molecule has 27 heavy (non-hydrogen) atoms. The van der Waals surface area contributed by atoms with Gasteiger partial charge in [0.15, 0.2) is 11.8 Å². The van der Waals surface area contributed by atoms with Crippen LogP contribution in [0, 0.1) is 5.92 Å². The molecule has 0 aliphatic rings. The van der Waals surface area contributed by atoms with Gasteiger partial charge in [0.05, 0.1) is 13.2 Å². The lowest BCUT2D eigenvalue weighted by molar-refractivity contribution is 0.0593. The third-order valence-corrected chi connectivity index (χ3v) is 6.30. The topological polar surface area (TPSA) is 113 Å². The van der Waals surface area contributed by atoms with Crippen LogP contribution in [0.5, 0.6) is 0 Å². The van der Waals surface area contributed by atoms with Crippen LogP contribution in [0.15, 0.2) is 5.38 Å². The number of carbonyl (C=O) groups excluding carboxylic acids is 2. The highest BCUT2D eigenvalue weighted by Gasteiger charge is 2.33. The van der Waals surface area contributed by atoms with Gasteiger partial charge in [-0.1, -0.05) is 13.8 Å². The number of thiazole rings is 1. The van der Waals surface area contributed by atoms with Crippen LogP contribution >= 0.6 is 11.3 Å². The molecule has 0 aliphatic carbocycles. The second-order valence-corrected chi connectivity index (χ2v) is 10.2. The van der Waals surface area contributed by atoms with Crippen molar-refractivity contribution in [2.45, 2.75) is 57.9 Å². The highest BCUT2D eigenvalue weighted by atomic mass is 32.2. The van der Waals surface area contributed by atoms with Crippen LogP contribution in [-0.2, 0) is 20.8 Å². The van der Waals surface area contributed by atoms with Crippen LogP contribution in [0.4, 0.5) is 4.79 Å². The molecule has 3 atom stereocenters. The molecule has 2 N–H and O–H groups in total. The van der Waals surface area contributed by atoms with Gasteiger partial charge in [-0.3, -0.25) is 0 Å². The molecule has 0 aliphatic heterocycles. The summed E-state index contributed by atoms with van der Waals surface area (Å²) in [6.07, 6.45) is -0.930. The Kier molecular flexibility index (Phi) is 9.00. The zero-order chi connectivity index (χ0) is 20.8. The molecule has 1 heterocycles. The summed E-state index contributed by atoms with van der Waals surface area (Å²) >= 11 is -0.0647. The average molecular weight is 420 g/mol. The number of alkyl carbamates (subject to hydrolysis) is 1. The summed E-state index contributed by atoms with van der Waals surface area (Å²) in [4.78, 5) is 27.7. The van der Waals surface area contributed by atoms with E-state index in [-0.39, 0.29) is 17.7 Å². The van der Waals surface area contributed by atoms with E-state index in [9.17, 15) is 14.1 Å². The number of rotatable bonds is 8. The largest absolute Gasteiger partial charge is 0.598 e. The third-order valence-electron chi connectivity index (χ3n) is 3.73. The number of aromatic nitrogens is 1. The van der Waals surface area contributed by atoms with Gasteiger partial charge in [0.2, 0.25) is 0 Å². The van der Waals surface area contributed by atoms with Gasteiger partial charge in [-0.2, -0.15) is 0 Å². The van der Waals surface area contributed by atoms with Crippen LogP contribution in [0.1, 0.15) is 62.6 Å². The quantitative estimate of drug-likeness (QED) is 0.492. The fraction of sp³-hybridized carbons (Fsp3) is 0.706. The lowest BCUT2D eigenvalue weighted by Gasteiger charge is -2.31. The first-order valence-corrected chi connectivity index (χ1v) is 10.6. The van der Waals surface area contributed by atoms with Crippen LogP contribution in [-0.4, -0.2) is 46.5 Å². The summed E-state index contributed by atoms with van der Waals surface area (Å²) in [5.41, 5.74) is 0.162. The number of hydrogen-bond acceptors (Lipinski definition) is 8. The van der Waals surface area contributed by atoms with Gasteiger partial charge in [0.1, 0.15) is 9.75 Å². The highest BCUT2D eigenvalue weighted by Crippen LogP contribution is 2.29. The van der Waals surface area contributed by atoms with E-state index in [0.717, 1.165) is 0 Å². The Morgan fingerprint density at radius 1 is 1.37 bits per heavy atom. The van der Waals surface area contributed by atoms with Crippen LogP contribution in [0.3, 0.4) is 0 Å². The number of amides is 1. The van der Waals surface area contributed by atoms with Crippen molar-refractivity contribution in [1.82, 2.24) is 15.0 Å². The highest BCUT2D eigenvalue weighted by molar-refractivity contribution is 7.90. The lowest BCUT2D eigenvalue weighted by atomic mass is 9.99. The van der Waals surface area contributed by atoms with E-state index >= 15 is 0 Å². The first kappa shape index (κ1) is 23.7. The third kappa shape index (κ3) is 7.28. The number of nitrogens with zero attached hydrogens (tertiary/aromatic N) is 1. The van der Waals surface area contributed by atoms with Crippen molar-refractivity contribution in [3.8, 4) is 0 Å². The number of methoxy groups -OCH3 is 1. The van der Waals surface area contributed by atoms with Crippen molar-refractivity contribution in [3.05, 3.63) is 16.1 Å². The Hall–Kier alpha value is -1.36. The number of hydrogen-bond donors (Lipinski definition) is 2. The molecule has 10 heteroatoms. The van der Waals surface area contributed by atoms with Gasteiger partial charge in [-0.15, -0.1) is 16.1 Å². The molecule has 0 spiro atoms. The van der Waals surface area contributed by atoms with Crippen LogP contribution in [0.25, 0.3) is 0 Å². The van der Waals surface area contributed by atoms with E-state index in [4.69, 9.17) is 4.74 Å². The van der Waals surface area contributed by atoms with Gasteiger partial charge in [-0.25, -0.2) is 14.6 Å². The fourth-order valence-corrected chi connectivity index (χ4v) is 3.85. The van der Waals surface area contributed by atoms with E-state index in [1.54, 1.807) is 5.38 Å². The maximum Gasteiger partial charge on any atom is 0.407 e. The monoisotopic (exact) mass is 419 g/mol. The minimum absolute atomic E-state index is 0.132. The Morgan fingerprint density at radius 2 is 2.00 bits per heavy atom. The summed E-state index contributed by atoms with van der Waals surface area (Å²) in [7, 11) is 2.74. The molecule has 0 radical (unpaired) electrons. The van der Waals surface area contributed by atoms with Crippen molar-refractivity contribution in [1.29, 1.82) is 0 Å². The summed E-state index contributed by atoms with van der Waals surface area (Å²) in [6.45, 7) is 9.65. The number of carbonyl (C=O) groups is 2. The molecule has 1 amide bonds. The SMILES string of the molecule is CNC(=O)O[C@H](C[C@@H](N[S+]([O-])C(C)(C)C)C(C)C)c1nc(C(=O)OC)cs1. The van der Waals surface area contributed by atoms with Crippen molar-refractivity contribution in [3.63, 3.8) is 0 Å². The summed E-state index contributed by atoms with van der Waals surface area (Å²) < 4.78 is 25.4. The van der Waals surface area contributed by atoms with Crippen molar-refractivity contribution in [2.24, 2.45) is 5.92 Å². The van der Waals surface area contributed by atoms with Gasteiger partial charge in [0.25, 0.3) is 0 Å². The Balaban J connectivity index is 3.05. The molecule has 1 unspecified atom stereocenters. The molecule has 1 rings (SSSR count). The minimum atomic E-state index is -1.28. The molecular weight excluding hydrogens is 390 g/mol. The van der Waals surface area contributed by atoms with E-state index < -0.39 is 34.3 Å². The van der Waals surface area contributed by atoms with Crippen molar-refractivity contribution < 1.29 is 23.6 Å². The summed E-state index contributed by atoms with van der Waals surface area (Å²) in [5.74, 6) is -0.421. The maximum atomic E-state index is 12.5. The van der Waals surface area contributed by atoms with Crippen molar-refractivity contribution in [2.75, 3.05) is 14.2 Å². The van der Waals surface area contributed by atoms with Gasteiger partial charge in [-0.05, 0) is 26.7 Å². The van der Waals surface area contributed by atoms with Gasteiger partial charge >= 0.3 is 12.1 Å². The van der Waals surface area contributed by atoms with Gasteiger partial charge in [0, 0.05) is 30.2 Å².